The first kappa shape index (κ1) is 17.9. The van der Waals surface area contributed by atoms with Crippen molar-refractivity contribution in [1.29, 1.82) is 0 Å². The molecule has 0 unspecified atom stereocenters. The molecule has 2 aliphatic heterocycles. The Hall–Kier alpha value is -1.50. The number of methoxy groups -OCH3 is 3. The van der Waals surface area contributed by atoms with Gasteiger partial charge in [0.1, 0.15) is 19.0 Å². The third-order valence-electron chi connectivity index (χ3n) is 6.30. The second kappa shape index (κ2) is 7.25. The van der Waals surface area contributed by atoms with Crippen molar-refractivity contribution in [3.05, 3.63) is 17.7 Å². The van der Waals surface area contributed by atoms with Crippen molar-refractivity contribution in [3.63, 3.8) is 0 Å². The second-order valence-corrected chi connectivity index (χ2v) is 7.44. The lowest BCUT2D eigenvalue weighted by molar-refractivity contribution is -0.0947. The lowest BCUT2D eigenvalue weighted by Gasteiger charge is -2.43. The number of fused-ring (bicyclic) bond motifs is 2. The fourth-order valence-corrected chi connectivity index (χ4v) is 4.80. The minimum absolute atomic E-state index is 0.0456. The molecule has 1 saturated carbocycles. The second-order valence-electron chi connectivity index (χ2n) is 7.44. The molecular formula is C20H29NO5. The Kier molecular flexibility index (Phi) is 4.99. The van der Waals surface area contributed by atoms with Crippen molar-refractivity contribution in [2.45, 2.75) is 50.0 Å². The molecule has 6 heteroatoms. The Balaban J connectivity index is 1.58. The highest BCUT2D eigenvalue weighted by atomic mass is 16.6. The van der Waals surface area contributed by atoms with Crippen LogP contribution in [-0.4, -0.2) is 63.7 Å². The minimum atomic E-state index is -0.0456. The molecule has 3 aliphatic rings. The van der Waals surface area contributed by atoms with Gasteiger partial charge in [-0.2, -0.15) is 0 Å². The molecule has 1 saturated heterocycles. The Bertz CT molecular complexity index is 651. The van der Waals surface area contributed by atoms with E-state index in [0.717, 1.165) is 61.6 Å². The van der Waals surface area contributed by atoms with Gasteiger partial charge in [0.25, 0.3) is 0 Å². The van der Waals surface area contributed by atoms with Crippen molar-refractivity contribution in [3.8, 4) is 17.2 Å². The third kappa shape index (κ3) is 3.04. The maximum atomic E-state index is 6.04. The van der Waals surface area contributed by atoms with Crippen molar-refractivity contribution in [2.24, 2.45) is 0 Å². The topological polar surface area (TPSA) is 49.4 Å². The summed E-state index contributed by atoms with van der Waals surface area (Å²) in [7, 11) is 5.38. The Morgan fingerprint density at radius 2 is 1.88 bits per heavy atom. The monoisotopic (exact) mass is 363 g/mol. The number of benzene rings is 1. The summed E-state index contributed by atoms with van der Waals surface area (Å²) in [6.45, 7) is 3.00. The highest BCUT2D eigenvalue weighted by Gasteiger charge is 2.51. The smallest absolute Gasteiger partial charge is 0.165 e. The summed E-state index contributed by atoms with van der Waals surface area (Å²) in [6, 6.07) is 4.38. The zero-order valence-corrected chi connectivity index (χ0v) is 16.0. The number of hydrogen-bond donors (Lipinski definition) is 0. The Labute approximate surface area is 155 Å². The van der Waals surface area contributed by atoms with E-state index in [1.165, 1.54) is 0 Å². The molecule has 0 amide bonds. The van der Waals surface area contributed by atoms with Gasteiger partial charge in [0.05, 0.1) is 18.8 Å². The highest BCUT2D eigenvalue weighted by molar-refractivity contribution is 5.51. The number of ether oxygens (including phenoxy) is 5. The van der Waals surface area contributed by atoms with E-state index in [1.54, 1.807) is 7.11 Å². The molecule has 1 aliphatic carbocycles. The predicted molar refractivity (Wildman–Crippen MR) is 97.2 cm³/mol. The maximum absolute atomic E-state index is 6.04. The van der Waals surface area contributed by atoms with Gasteiger partial charge in [0, 0.05) is 45.0 Å². The molecule has 0 radical (unpaired) electrons. The molecule has 0 N–H and O–H groups in total. The maximum Gasteiger partial charge on any atom is 0.165 e. The van der Waals surface area contributed by atoms with E-state index in [-0.39, 0.29) is 5.60 Å². The summed E-state index contributed by atoms with van der Waals surface area (Å²) in [5, 5.41) is 0. The van der Waals surface area contributed by atoms with Gasteiger partial charge in [0.2, 0.25) is 0 Å². The van der Waals surface area contributed by atoms with Crippen molar-refractivity contribution in [1.82, 2.24) is 4.90 Å². The quantitative estimate of drug-likeness (QED) is 0.802. The van der Waals surface area contributed by atoms with Crippen LogP contribution in [0.4, 0.5) is 0 Å². The van der Waals surface area contributed by atoms with Crippen molar-refractivity contribution < 1.29 is 23.7 Å². The molecule has 3 atom stereocenters. The molecule has 144 valence electrons. The molecule has 0 spiro atoms. The largest absolute Gasteiger partial charge is 0.496 e. The SMILES string of the molecule is COc1cc2c(cc1CN1CC[C@]3(OC)CC[C@@H](OC)C[C@H]13)OCCO2. The number of rotatable bonds is 5. The van der Waals surface area contributed by atoms with Crippen LogP contribution < -0.4 is 14.2 Å². The number of likely N-dealkylation sites (tertiary alicyclic amines) is 1. The van der Waals surface area contributed by atoms with Crippen LogP contribution in [0.25, 0.3) is 0 Å². The molecule has 1 aromatic carbocycles. The number of hydrogen-bond acceptors (Lipinski definition) is 6. The zero-order valence-electron chi connectivity index (χ0n) is 16.0. The van der Waals surface area contributed by atoms with Crippen LogP contribution in [0, 0.1) is 0 Å². The molecule has 2 heterocycles. The molecule has 1 aromatic rings. The normalized spacial score (nSPS) is 30.9. The van der Waals surface area contributed by atoms with Gasteiger partial charge in [-0.1, -0.05) is 0 Å². The molecule has 0 bridgehead atoms. The van der Waals surface area contributed by atoms with E-state index in [4.69, 9.17) is 23.7 Å². The van der Waals surface area contributed by atoms with E-state index in [0.29, 0.717) is 25.4 Å². The molecule has 0 aromatic heterocycles. The standard InChI is InChI=1S/C20H29NO5/c1-22-15-4-5-20(24-3)6-7-21(19(20)11-15)13-14-10-17-18(12-16(14)23-2)26-9-8-25-17/h10,12,15,19H,4-9,11,13H2,1-3H3/t15-,19+,20-/m1/s1. The van der Waals surface area contributed by atoms with E-state index in [2.05, 4.69) is 11.0 Å². The minimum Gasteiger partial charge on any atom is -0.496 e. The van der Waals surface area contributed by atoms with E-state index < -0.39 is 0 Å². The average Bonchev–Trinajstić information content (AvgIpc) is 3.05. The van der Waals surface area contributed by atoms with Crippen molar-refractivity contribution in [2.75, 3.05) is 41.1 Å². The highest BCUT2D eigenvalue weighted by Crippen LogP contribution is 2.45. The molecule has 26 heavy (non-hydrogen) atoms. The fourth-order valence-electron chi connectivity index (χ4n) is 4.80. The van der Waals surface area contributed by atoms with Crippen LogP contribution in [0.15, 0.2) is 12.1 Å². The molecular weight excluding hydrogens is 334 g/mol. The predicted octanol–water partition coefficient (Wildman–Crippen LogP) is 2.62. The first-order valence-electron chi connectivity index (χ1n) is 9.47. The fraction of sp³-hybridized carbons (Fsp3) is 0.700. The third-order valence-corrected chi connectivity index (χ3v) is 6.30. The van der Waals surface area contributed by atoms with Gasteiger partial charge in [0.15, 0.2) is 11.5 Å². The van der Waals surface area contributed by atoms with Gasteiger partial charge in [-0.15, -0.1) is 0 Å². The van der Waals surface area contributed by atoms with E-state index in [9.17, 15) is 0 Å². The van der Waals surface area contributed by atoms with E-state index >= 15 is 0 Å². The summed E-state index contributed by atoms with van der Waals surface area (Å²) in [4.78, 5) is 2.52. The number of nitrogens with zero attached hydrogens (tertiary/aromatic N) is 1. The van der Waals surface area contributed by atoms with Crippen LogP contribution in [0.1, 0.15) is 31.2 Å². The van der Waals surface area contributed by atoms with Crippen molar-refractivity contribution >= 4 is 0 Å². The van der Waals surface area contributed by atoms with Gasteiger partial charge in [-0.3, -0.25) is 4.90 Å². The molecule has 6 nitrogen and oxygen atoms in total. The van der Waals surface area contributed by atoms with E-state index in [1.807, 2.05) is 20.3 Å². The Morgan fingerprint density at radius 1 is 1.12 bits per heavy atom. The zero-order chi connectivity index (χ0) is 18.1. The van der Waals surface area contributed by atoms with Gasteiger partial charge < -0.3 is 23.7 Å². The van der Waals surface area contributed by atoms with Gasteiger partial charge in [-0.25, -0.2) is 0 Å². The van der Waals surface area contributed by atoms with Crippen LogP contribution in [-0.2, 0) is 16.0 Å². The summed E-state index contributed by atoms with van der Waals surface area (Å²) in [5.74, 6) is 2.42. The lowest BCUT2D eigenvalue weighted by atomic mass is 9.79. The summed E-state index contributed by atoms with van der Waals surface area (Å²) in [6.07, 6.45) is 4.52. The van der Waals surface area contributed by atoms with Crippen LogP contribution in [0.3, 0.4) is 0 Å². The average molecular weight is 363 g/mol. The molecule has 4 rings (SSSR count). The van der Waals surface area contributed by atoms with Crippen LogP contribution in [0.2, 0.25) is 0 Å². The summed E-state index contributed by atoms with van der Waals surface area (Å²) >= 11 is 0. The first-order valence-corrected chi connectivity index (χ1v) is 9.47. The van der Waals surface area contributed by atoms with Crippen LogP contribution in [0.5, 0.6) is 17.2 Å². The first-order chi connectivity index (χ1) is 12.7. The van der Waals surface area contributed by atoms with Gasteiger partial charge in [-0.05, 0) is 31.7 Å². The van der Waals surface area contributed by atoms with Crippen LogP contribution >= 0.6 is 0 Å². The molecule has 2 fully saturated rings. The summed E-state index contributed by atoms with van der Waals surface area (Å²) < 4.78 is 28.8. The van der Waals surface area contributed by atoms with Gasteiger partial charge >= 0.3 is 0 Å². The Morgan fingerprint density at radius 3 is 2.58 bits per heavy atom. The lowest BCUT2D eigenvalue weighted by Crippen LogP contribution is -2.51. The summed E-state index contributed by atoms with van der Waals surface area (Å²) in [5.41, 5.74) is 1.08.